The number of benzene rings is 2. The summed E-state index contributed by atoms with van der Waals surface area (Å²) in [6.07, 6.45) is 0.112. The van der Waals surface area contributed by atoms with Crippen LogP contribution in [0.2, 0.25) is 0 Å². The van der Waals surface area contributed by atoms with Crippen LogP contribution in [0.1, 0.15) is 31.9 Å². The van der Waals surface area contributed by atoms with Crippen LogP contribution in [0.4, 0.5) is 5.69 Å². The van der Waals surface area contributed by atoms with E-state index in [2.05, 4.69) is 5.32 Å². The van der Waals surface area contributed by atoms with Crippen molar-refractivity contribution in [2.75, 3.05) is 24.6 Å². The Morgan fingerprint density at radius 2 is 1.62 bits per heavy atom. The molecule has 0 heterocycles. The fraction of sp³-hybridized carbons (Fsp3) is 0.333. The van der Waals surface area contributed by atoms with Crippen molar-refractivity contribution in [1.82, 2.24) is 5.32 Å². The van der Waals surface area contributed by atoms with E-state index >= 15 is 0 Å². The Bertz CT molecular complexity index is 689. The summed E-state index contributed by atoms with van der Waals surface area (Å²) in [4.78, 5) is 26.5. The van der Waals surface area contributed by atoms with Gasteiger partial charge in [-0.3, -0.25) is 9.59 Å². The predicted octanol–water partition coefficient (Wildman–Crippen LogP) is 3.32. The van der Waals surface area contributed by atoms with Crippen molar-refractivity contribution in [3.05, 3.63) is 66.2 Å². The molecule has 0 aromatic heterocycles. The number of ether oxygens (including phenoxy) is 1. The van der Waals surface area contributed by atoms with E-state index in [-0.39, 0.29) is 24.8 Å². The molecular formula is C21H26N2O3. The summed E-state index contributed by atoms with van der Waals surface area (Å²) in [7, 11) is 0. The van der Waals surface area contributed by atoms with Crippen LogP contribution in [0.15, 0.2) is 60.7 Å². The molecule has 26 heavy (non-hydrogen) atoms. The highest BCUT2D eigenvalue weighted by Gasteiger charge is 2.20. The van der Waals surface area contributed by atoms with Crippen molar-refractivity contribution in [3.8, 4) is 0 Å². The molecule has 1 unspecified atom stereocenters. The Balaban J connectivity index is 2.06. The highest BCUT2D eigenvalue weighted by atomic mass is 16.5. The van der Waals surface area contributed by atoms with Crippen LogP contribution in [0.3, 0.4) is 0 Å². The monoisotopic (exact) mass is 354 g/mol. The highest BCUT2D eigenvalue weighted by Crippen LogP contribution is 2.18. The number of para-hydroxylation sites is 1. The minimum absolute atomic E-state index is 0.112. The van der Waals surface area contributed by atoms with Gasteiger partial charge in [-0.2, -0.15) is 0 Å². The number of carbonyl (C=O) groups is 2. The number of anilines is 1. The molecule has 2 rings (SSSR count). The van der Waals surface area contributed by atoms with Gasteiger partial charge in [0.1, 0.15) is 0 Å². The molecule has 0 aliphatic carbocycles. The Morgan fingerprint density at radius 1 is 1.00 bits per heavy atom. The highest BCUT2D eigenvalue weighted by molar-refractivity contribution is 5.82. The van der Waals surface area contributed by atoms with E-state index in [0.717, 1.165) is 11.3 Å². The Kier molecular flexibility index (Phi) is 7.68. The SMILES string of the molecule is CCOC(=O)CC(NC(=O)CN(CC)c1ccccc1)c1ccccc1. The average Bonchev–Trinajstić information content (AvgIpc) is 2.67. The molecule has 0 aliphatic rings. The molecule has 0 radical (unpaired) electrons. The van der Waals surface area contributed by atoms with E-state index in [1.807, 2.05) is 72.5 Å². The van der Waals surface area contributed by atoms with Crippen LogP contribution in [-0.4, -0.2) is 31.6 Å². The lowest BCUT2D eigenvalue weighted by atomic mass is 10.0. The molecule has 1 atom stereocenters. The van der Waals surface area contributed by atoms with E-state index in [1.165, 1.54) is 0 Å². The quantitative estimate of drug-likeness (QED) is 0.702. The van der Waals surface area contributed by atoms with Crippen molar-refractivity contribution >= 4 is 17.6 Å². The second-order valence-electron chi connectivity index (χ2n) is 5.89. The summed E-state index contributed by atoms with van der Waals surface area (Å²) in [6, 6.07) is 18.9. The van der Waals surface area contributed by atoms with Crippen molar-refractivity contribution in [2.45, 2.75) is 26.3 Å². The van der Waals surface area contributed by atoms with E-state index in [1.54, 1.807) is 6.92 Å². The molecule has 138 valence electrons. The molecular weight excluding hydrogens is 328 g/mol. The fourth-order valence-corrected chi connectivity index (χ4v) is 2.76. The Hall–Kier alpha value is -2.82. The largest absolute Gasteiger partial charge is 0.466 e. The number of esters is 1. The van der Waals surface area contributed by atoms with E-state index in [0.29, 0.717) is 13.2 Å². The molecule has 1 amide bonds. The molecule has 0 spiro atoms. The van der Waals surface area contributed by atoms with Gasteiger partial charge in [0.2, 0.25) is 5.91 Å². The van der Waals surface area contributed by atoms with Gasteiger partial charge >= 0.3 is 5.97 Å². The van der Waals surface area contributed by atoms with E-state index in [4.69, 9.17) is 4.74 Å². The van der Waals surface area contributed by atoms with Gasteiger partial charge in [0.25, 0.3) is 0 Å². The first-order chi connectivity index (χ1) is 12.6. The molecule has 0 aliphatic heterocycles. The van der Waals surface area contributed by atoms with Gasteiger partial charge in [0.15, 0.2) is 0 Å². The van der Waals surface area contributed by atoms with Gasteiger partial charge in [-0.1, -0.05) is 48.5 Å². The van der Waals surface area contributed by atoms with Crippen LogP contribution in [0, 0.1) is 0 Å². The first kappa shape index (κ1) is 19.5. The second kappa shape index (κ2) is 10.2. The van der Waals surface area contributed by atoms with Crippen molar-refractivity contribution < 1.29 is 14.3 Å². The van der Waals surface area contributed by atoms with Crippen LogP contribution >= 0.6 is 0 Å². The number of hydrogen-bond donors (Lipinski definition) is 1. The van der Waals surface area contributed by atoms with Crippen LogP contribution in [0.5, 0.6) is 0 Å². The molecule has 0 saturated carbocycles. The predicted molar refractivity (Wildman–Crippen MR) is 103 cm³/mol. The number of carbonyl (C=O) groups excluding carboxylic acids is 2. The number of nitrogens with one attached hydrogen (secondary N) is 1. The number of hydrogen-bond acceptors (Lipinski definition) is 4. The minimum atomic E-state index is -0.405. The number of amides is 1. The molecule has 2 aromatic rings. The van der Waals surface area contributed by atoms with Gasteiger partial charge in [-0.05, 0) is 31.5 Å². The summed E-state index contributed by atoms with van der Waals surface area (Å²) in [6.45, 7) is 5.05. The summed E-state index contributed by atoms with van der Waals surface area (Å²) in [5, 5.41) is 2.98. The third-order valence-corrected chi connectivity index (χ3v) is 4.05. The Labute approximate surface area is 155 Å². The maximum absolute atomic E-state index is 12.6. The van der Waals surface area contributed by atoms with Crippen molar-refractivity contribution in [1.29, 1.82) is 0 Å². The molecule has 0 fully saturated rings. The third kappa shape index (κ3) is 5.92. The van der Waals surface area contributed by atoms with Crippen LogP contribution < -0.4 is 10.2 Å². The molecule has 5 heteroatoms. The van der Waals surface area contributed by atoms with Gasteiger partial charge in [0.05, 0.1) is 25.6 Å². The smallest absolute Gasteiger partial charge is 0.308 e. The first-order valence-electron chi connectivity index (χ1n) is 8.94. The summed E-state index contributed by atoms with van der Waals surface area (Å²) >= 11 is 0. The lowest BCUT2D eigenvalue weighted by molar-refractivity contribution is -0.143. The van der Waals surface area contributed by atoms with Crippen LogP contribution in [-0.2, 0) is 14.3 Å². The molecule has 1 N–H and O–H groups in total. The van der Waals surface area contributed by atoms with Crippen molar-refractivity contribution in [3.63, 3.8) is 0 Å². The summed E-state index contributed by atoms with van der Waals surface area (Å²) in [5.41, 5.74) is 1.88. The van der Waals surface area contributed by atoms with Gasteiger partial charge in [-0.25, -0.2) is 0 Å². The maximum atomic E-state index is 12.6. The topological polar surface area (TPSA) is 58.6 Å². The number of likely N-dealkylation sites (N-methyl/N-ethyl adjacent to an activating group) is 1. The van der Waals surface area contributed by atoms with Crippen molar-refractivity contribution in [2.24, 2.45) is 0 Å². The standard InChI is InChI=1S/C21H26N2O3/c1-3-23(18-13-9-6-10-14-18)16-20(24)22-19(15-21(25)26-4-2)17-11-7-5-8-12-17/h5-14,19H,3-4,15-16H2,1-2H3,(H,22,24). The zero-order valence-electron chi connectivity index (χ0n) is 15.4. The lowest BCUT2D eigenvalue weighted by Gasteiger charge is -2.25. The number of rotatable bonds is 9. The first-order valence-corrected chi connectivity index (χ1v) is 8.94. The number of nitrogens with zero attached hydrogens (tertiary/aromatic N) is 1. The zero-order chi connectivity index (χ0) is 18.8. The molecule has 0 saturated heterocycles. The molecule has 2 aromatic carbocycles. The zero-order valence-corrected chi connectivity index (χ0v) is 15.4. The summed E-state index contributed by atoms with van der Waals surface area (Å²) in [5.74, 6) is -0.453. The third-order valence-electron chi connectivity index (χ3n) is 4.05. The Morgan fingerprint density at radius 3 is 2.19 bits per heavy atom. The van der Waals surface area contributed by atoms with Crippen LogP contribution in [0.25, 0.3) is 0 Å². The van der Waals surface area contributed by atoms with E-state index < -0.39 is 6.04 Å². The van der Waals surface area contributed by atoms with Gasteiger partial charge in [-0.15, -0.1) is 0 Å². The minimum Gasteiger partial charge on any atom is -0.466 e. The maximum Gasteiger partial charge on any atom is 0.308 e. The normalized spacial score (nSPS) is 11.5. The second-order valence-corrected chi connectivity index (χ2v) is 5.89. The fourth-order valence-electron chi connectivity index (χ4n) is 2.76. The van der Waals surface area contributed by atoms with E-state index in [9.17, 15) is 9.59 Å². The molecule has 0 bridgehead atoms. The van der Waals surface area contributed by atoms with Gasteiger partial charge in [0, 0.05) is 12.2 Å². The lowest BCUT2D eigenvalue weighted by Crippen LogP contribution is -2.39. The van der Waals surface area contributed by atoms with Gasteiger partial charge < -0.3 is 15.0 Å². The molecule has 5 nitrogen and oxygen atoms in total. The average molecular weight is 354 g/mol. The summed E-state index contributed by atoms with van der Waals surface area (Å²) < 4.78 is 5.05.